The predicted octanol–water partition coefficient (Wildman–Crippen LogP) is 3.06. The van der Waals surface area contributed by atoms with Crippen LogP contribution >= 0.6 is 11.6 Å². The van der Waals surface area contributed by atoms with E-state index in [4.69, 9.17) is 22.1 Å². The molecule has 0 unspecified atom stereocenters. The second-order valence-corrected chi connectivity index (χ2v) is 5.22. The highest BCUT2D eigenvalue weighted by Crippen LogP contribution is 2.25. The average Bonchev–Trinajstić information content (AvgIpc) is 2.54. The van der Waals surface area contributed by atoms with E-state index >= 15 is 0 Å². The second kappa shape index (κ2) is 8.41. The number of rotatable bonds is 6. The number of aliphatic imine (C=N–C) groups is 1. The molecular weight excluding hydrogens is 298 g/mol. The summed E-state index contributed by atoms with van der Waals surface area (Å²) in [6.07, 6.45) is 0. The van der Waals surface area contributed by atoms with Gasteiger partial charge in [0.1, 0.15) is 0 Å². The molecule has 0 spiro atoms. The molecule has 0 fully saturated rings. The van der Waals surface area contributed by atoms with Gasteiger partial charge in [-0.05, 0) is 28.8 Å². The molecule has 22 heavy (non-hydrogen) atoms. The molecule has 2 aromatic carbocycles. The van der Waals surface area contributed by atoms with Crippen molar-refractivity contribution in [1.82, 2.24) is 5.32 Å². The number of nitrogens with zero attached hydrogens (tertiary/aromatic N) is 1. The lowest BCUT2D eigenvalue weighted by molar-refractivity contribution is 0.204. The molecule has 4 nitrogen and oxygen atoms in total. The van der Waals surface area contributed by atoms with Gasteiger partial charge in [-0.25, -0.2) is 4.99 Å². The van der Waals surface area contributed by atoms with Crippen LogP contribution in [0, 0.1) is 0 Å². The van der Waals surface area contributed by atoms with Crippen molar-refractivity contribution in [2.24, 2.45) is 10.7 Å². The quantitative estimate of drug-likeness (QED) is 0.489. The maximum absolute atomic E-state index is 5.95. The second-order valence-electron chi connectivity index (χ2n) is 4.79. The van der Waals surface area contributed by atoms with Crippen LogP contribution in [0.25, 0.3) is 11.1 Å². The van der Waals surface area contributed by atoms with Crippen LogP contribution in [0.1, 0.15) is 5.56 Å². The number of halogens is 1. The Morgan fingerprint density at radius 2 is 1.91 bits per heavy atom. The molecule has 0 bridgehead atoms. The monoisotopic (exact) mass is 317 g/mol. The van der Waals surface area contributed by atoms with Crippen LogP contribution in [0.3, 0.4) is 0 Å². The lowest BCUT2D eigenvalue weighted by Gasteiger charge is -2.09. The number of nitrogens with one attached hydrogen (secondary N) is 1. The number of nitrogens with two attached hydrogens (primary N) is 1. The Bertz CT molecular complexity index is 626. The molecule has 0 saturated heterocycles. The topological polar surface area (TPSA) is 59.6 Å². The van der Waals surface area contributed by atoms with Crippen LogP contribution in [-0.2, 0) is 11.3 Å². The fourth-order valence-electron chi connectivity index (χ4n) is 2.08. The van der Waals surface area contributed by atoms with Crippen molar-refractivity contribution < 1.29 is 4.74 Å². The first-order valence-electron chi connectivity index (χ1n) is 7.07. The molecular formula is C17H20ClN3O. The molecule has 2 rings (SSSR count). The largest absolute Gasteiger partial charge is 0.383 e. The normalized spacial score (nSPS) is 11.5. The number of ether oxygens (including phenoxy) is 1. The van der Waals surface area contributed by atoms with E-state index in [9.17, 15) is 0 Å². The summed E-state index contributed by atoms with van der Waals surface area (Å²) < 4.78 is 4.96. The molecule has 2 aromatic rings. The first-order valence-corrected chi connectivity index (χ1v) is 7.45. The maximum Gasteiger partial charge on any atom is 0.188 e. The molecule has 0 atom stereocenters. The van der Waals surface area contributed by atoms with Crippen molar-refractivity contribution in [3.63, 3.8) is 0 Å². The van der Waals surface area contributed by atoms with E-state index in [1.165, 1.54) is 0 Å². The number of guanidine groups is 1. The Morgan fingerprint density at radius 1 is 1.18 bits per heavy atom. The van der Waals surface area contributed by atoms with E-state index in [0.717, 1.165) is 21.7 Å². The number of benzene rings is 2. The first-order chi connectivity index (χ1) is 10.7. The summed E-state index contributed by atoms with van der Waals surface area (Å²) in [6, 6.07) is 15.9. The van der Waals surface area contributed by atoms with Gasteiger partial charge in [0.25, 0.3) is 0 Å². The average molecular weight is 318 g/mol. The SMILES string of the molecule is COCCNC(N)=NCc1ccccc1-c1ccc(Cl)cc1. The minimum absolute atomic E-state index is 0.419. The standard InChI is InChI=1S/C17H20ClN3O/c1-22-11-10-20-17(19)21-12-14-4-2-3-5-16(14)13-6-8-15(18)9-7-13/h2-9H,10-12H2,1H3,(H3,19,20,21). The van der Waals surface area contributed by atoms with Crippen LogP contribution < -0.4 is 11.1 Å². The summed E-state index contributed by atoms with van der Waals surface area (Å²) >= 11 is 5.95. The van der Waals surface area contributed by atoms with Gasteiger partial charge in [-0.15, -0.1) is 0 Å². The van der Waals surface area contributed by atoms with Crippen molar-refractivity contribution in [3.8, 4) is 11.1 Å². The van der Waals surface area contributed by atoms with E-state index in [1.807, 2.05) is 36.4 Å². The van der Waals surface area contributed by atoms with Gasteiger partial charge < -0.3 is 15.8 Å². The molecule has 0 saturated carbocycles. The van der Waals surface area contributed by atoms with E-state index in [2.05, 4.69) is 22.4 Å². The van der Waals surface area contributed by atoms with Crippen molar-refractivity contribution in [3.05, 3.63) is 59.1 Å². The highest BCUT2D eigenvalue weighted by molar-refractivity contribution is 6.30. The van der Waals surface area contributed by atoms with E-state index in [-0.39, 0.29) is 0 Å². The van der Waals surface area contributed by atoms with E-state index < -0.39 is 0 Å². The van der Waals surface area contributed by atoms with Crippen molar-refractivity contribution in [1.29, 1.82) is 0 Å². The third-order valence-electron chi connectivity index (χ3n) is 3.20. The molecule has 0 aliphatic rings. The smallest absolute Gasteiger partial charge is 0.188 e. The summed E-state index contributed by atoms with van der Waals surface area (Å²) in [6.45, 7) is 1.76. The van der Waals surface area contributed by atoms with Crippen LogP contribution in [0.15, 0.2) is 53.5 Å². The molecule has 3 N–H and O–H groups in total. The Hall–Kier alpha value is -2.04. The zero-order valence-electron chi connectivity index (χ0n) is 12.6. The van der Waals surface area contributed by atoms with Gasteiger partial charge in [0.15, 0.2) is 5.96 Å². The minimum atomic E-state index is 0.419. The summed E-state index contributed by atoms with van der Waals surface area (Å²) in [7, 11) is 1.65. The third kappa shape index (κ3) is 4.76. The molecule has 0 aromatic heterocycles. The van der Waals surface area contributed by atoms with Crippen molar-refractivity contribution in [2.75, 3.05) is 20.3 Å². The summed E-state index contributed by atoms with van der Waals surface area (Å²) in [5.41, 5.74) is 9.19. The van der Waals surface area contributed by atoms with Crippen molar-refractivity contribution >= 4 is 17.6 Å². The van der Waals surface area contributed by atoms with E-state index in [0.29, 0.717) is 25.7 Å². The lowest BCUT2D eigenvalue weighted by Crippen LogP contribution is -2.34. The third-order valence-corrected chi connectivity index (χ3v) is 3.46. The van der Waals surface area contributed by atoms with Crippen LogP contribution in [0.4, 0.5) is 0 Å². The Balaban J connectivity index is 2.11. The molecule has 116 valence electrons. The van der Waals surface area contributed by atoms with Gasteiger partial charge >= 0.3 is 0 Å². The van der Waals surface area contributed by atoms with Gasteiger partial charge in [-0.2, -0.15) is 0 Å². The summed E-state index contributed by atoms with van der Waals surface area (Å²) in [5, 5.41) is 3.73. The zero-order valence-corrected chi connectivity index (χ0v) is 13.3. The van der Waals surface area contributed by atoms with Gasteiger partial charge in [-0.1, -0.05) is 48.0 Å². The minimum Gasteiger partial charge on any atom is -0.383 e. The predicted molar refractivity (Wildman–Crippen MR) is 92.1 cm³/mol. The molecule has 0 aliphatic carbocycles. The lowest BCUT2D eigenvalue weighted by atomic mass is 10.00. The van der Waals surface area contributed by atoms with Gasteiger partial charge in [-0.3, -0.25) is 0 Å². The molecule has 0 heterocycles. The van der Waals surface area contributed by atoms with Crippen LogP contribution in [0.5, 0.6) is 0 Å². The Morgan fingerprint density at radius 3 is 2.64 bits per heavy atom. The summed E-state index contributed by atoms with van der Waals surface area (Å²) in [4.78, 5) is 4.37. The highest BCUT2D eigenvalue weighted by Gasteiger charge is 2.04. The van der Waals surface area contributed by atoms with Crippen molar-refractivity contribution in [2.45, 2.75) is 6.54 Å². The fraction of sp³-hybridized carbons (Fsp3) is 0.235. The van der Waals surface area contributed by atoms with Gasteiger partial charge in [0, 0.05) is 18.7 Å². The molecule has 5 heteroatoms. The van der Waals surface area contributed by atoms with Crippen LogP contribution in [-0.4, -0.2) is 26.2 Å². The van der Waals surface area contributed by atoms with Gasteiger partial charge in [0.05, 0.1) is 13.2 Å². The number of hydrogen-bond donors (Lipinski definition) is 2. The van der Waals surface area contributed by atoms with E-state index in [1.54, 1.807) is 7.11 Å². The molecule has 0 amide bonds. The zero-order chi connectivity index (χ0) is 15.8. The summed E-state index contributed by atoms with van der Waals surface area (Å²) in [5.74, 6) is 0.419. The Labute approximate surface area is 136 Å². The Kier molecular flexibility index (Phi) is 6.25. The molecule has 0 aliphatic heterocycles. The van der Waals surface area contributed by atoms with Crippen LogP contribution in [0.2, 0.25) is 5.02 Å². The number of methoxy groups -OCH3 is 1. The first kappa shape index (κ1) is 16.3. The fourth-order valence-corrected chi connectivity index (χ4v) is 2.20. The number of hydrogen-bond acceptors (Lipinski definition) is 2. The molecule has 0 radical (unpaired) electrons. The highest BCUT2D eigenvalue weighted by atomic mass is 35.5. The van der Waals surface area contributed by atoms with Gasteiger partial charge in [0.2, 0.25) is 0 Å². The maximum atomic E-state index is 5.95.